The summed E-state index contributed by atoms with van der Waals surface area (Å²) in [5.41, 5.74) is 1.20. The number of rotatable bonds is 4. The molecule has 0 saturated heterocycles. The number of carbonyl (C=O) groups excluding carboxylic acids is 2. The number of amides is 2. The van der Waals surface area contributed by atoms with Gasteiger partial charge in [0.25, 0.3) is 5.91 Å². The zero-order valence-electron chi connectivity index (χ0n) is 16.9. The van der Waals surface area contributed by atoms with Crippen LogP contribution in [0.2, 0.25) is 0 Å². The molecule has 1 saturated carbocycles. The fourth-order valence-electron chi connectivity index (χ4n) is 4.06. The molecule has 0 aromatic heterocycles. The first-order valence-electron chi connectivity index (χ1n) is 10.4. The van der Waals surface area contributed by atoms with Gasteiger partial charge in [0.1, 0.15) is 12.4 Å². The minimum absolute atomic E-state index is 0.0802. The van der Waals surface area contributed by atoms with E-state index in [1.54, 1.807) is 36.4 Å². The Morgan fingerprint density at radius 2 is 1.90 bits per heavy atom. The first kappa shape index (κ1) is 20.1. The highest BCUT2D eigenvalue weighted by Gasteiger charge is 2.32. The molecule has 156 valence electrons. The molecule has 1 fully saturated rings. The summed E-state index contributed by atoms with van der Waals surface area (Å²) in [6, 6.07) is 13.1. The van der Waals surface area contributed by atoms with Crippen molar-refractivity contribution in [3.8, 4) is 5.75 Å². The number of nitrogens with one attached hydrogen (secondary N) is 1. The largest absolute Gasteiger partial charge is 0.449 e. The molecule has 5 nitrogen and oxygen atoms in total. The molecule has 2 aromatic carbocycles. The molecule has 1 heterocycles. The van der Waals surface area contributed by atoms with Crippen molar-refractivity contribution in [2.75, 3.05) is 11.4 Å². The number of anilines is 1. The number of benzene rings is 2. The lowest BCUT2D eigenvalue weighted by Gasteiger charge is -2.32. The average Bonchev–Trinajstić information content (AvgIpc) is 2.74. The van der Waals surface area contributed by atoms with Crippen molar-refractivity contribution in [3.63, 3.8) is 0 Å². The number of hydrogen-bond donors (Lipinski definition) is 1. The molecule has 0 radical (unpaired) electrons. The van der Waals surface area contributed by atoms with Crippen molar-refractivity contribution in [2.24, 2.45) is 5.92 Å². The van der Waals surface area contributed by atoms with Crippen LogP contribution in [-0.2, 0) is 9.59 Å². The van der Waals surface area contributed by atoms with Gasteiger partial charge < -0.3 is 10.1 Å². The second-order valence-electron chi connectivity index (χ2n) is 7.96. The van der Waals surface area contributed by atoms with Gasteiger partial charge in [-0.1, -0.05) is 44.0 Å². The number of para-hydroxylation sites is 2. The maximum absolute atomic E-state index is 13.2. The molecule has 0 bridgehead atoms. The molecule has 2 aromatic rings. The van der Waals surface area contributed by atoms with E-state index in [2.05, 4.69) is 12.2 Å². The van der Waals surface area contributed by atoms with Gasteiger partial charge in [-0.3, -0.25) is 14.5 Å². The zero-order chi connectivity index (χ0) is 21.1. The Morgan fingerprint density at radius 1 is 1.17 bits per heavy atom. The van der Waals surface area contributed by atoms with E-state index in [1.807, 2.05) is 6.07 Å². The minimum Gasteiger partial charge on any atom is -0.449 e. The summed E-state index contributed by atoms with van der Waals surface area (Å²) >= 11 is 0. The summed E-state index contributed by atoms with van der Waals surface area (Å²) in [5.74, 6) is 0.103. The van der Waals surface area contributed by atoms with E-state index >= 15 is 0 Å². The van der Waals surface area contributed by atoms with Crippen LogP contribution in [-0.4, -0.2) is 24.4 Å². The van der Waals surface area contributed by atoms with Gasteiger partial charge in [-0.05, 0) is 54.7 Å². The molecule has 30 heavy (non-hydrogen) atoms. The van der Waals surface area contributed by atoms with Crippen LogP contribution in [0, 0.1) is 11.7 Å². The van der Waals surface area contributed by atoms with E-state index in [4.69, 9.17) is 4.74 Å². The number of fused-ring (bicyclic) bond motifs is 1. The van der Waals surface area contributed by atoms with Crippen molar-refractivity contribution < 1.29 is 18.7 Å². The number of ether oxygens (including phenoxy) is 1. The Labute approximate surface area is 175 Å². The predicted molar refractivity (Wildman–Crippen MR) is 113 cm³/mol. The Bertz CT molecular complexity index is 971. The topological polar surface area (TPSA) is 58.6 Å². The number of halogens is 1. The fourth-order valence-corrected chi connectivity index (χ4v) is 4.06. The summed E-state index contributed by atoms with van der Waals surface area (Å²) in [7, 11) is 0. The van der Waals surface area contributed by atoms with Gasteiger partial charge >= 0.3 is 0 Å². The Morgan fingerprint density at radius 3 is 2.67 bits per heavy atom. The van der Waals surface area contributed by atoms with E-state index in [1.165, 1.54) is 23.5 Å². The number of carbonyl (C=O) groups is 2. The monoisotopic (exact) mass is 408 g/mol. The highest BCUT2D eigenvalue weighted by molar-refractivity contribution is 6.12. The molecule has 0 spiro atoms. The van der Waals surface area contributed by atoms with Gasteiger partial charge in [0.2, 0.25) is 5.91 Å². The van der Waals surface area contributed by atoms with Crippen molar-refractivity contribution in [1.82, 2.24) is 5.32 Å². The number of hydrogen-bond acceptors (Lipinski definition) is 3. The molecule has 4 rings (SSSR count). The lowest BCUT2D eigenvalue weighted by Crippen LogP contribution is -2.48. The van der Waals surface area contributed by atoms with Crippen LogP contribution in [0.25, 0.3) is 6.08 Å². The third-order valence-corrected chi connectivity index (χ3v) is 5.76. The molecular weight excluding hydrogens is 383 g/mol. The standard InChI is InChI=1S/C24H25FN2O3/c1-16-6-2-3-7-19(16)26-23(28)15-27-20-8-4-5-9-21(20)30-22(24(27)29)14-17-10-12-18(25)13-11-17/h4-5,8-14,16,19H,2-3,6-7,15H2,1H3,(H,26,28)/b22-14+. The molecule has 2 aliphatic rings. The van der Waals surface area contributed by atoms with Crippen LogP contribution >= 0.6 is 0 Å². The quantitative estimate of drug-likeness (QED) is 0.768. The van der Waals surface area contributed by atoms with E-state index in [-0.39, 0.29) is 30.1 Å². The van der Waals surface area contributed by atoms with Gasteiger partial charge in [0.05, 0.1) is 5.69 Å². The van der Waals surface area contributed by atoms with Crippen molar-refractivity contribution in [2.45, 2.75) is 38.6 Å². The van der Waals surface area contributed by atoms with Gasteiger partial charge in [0, 0.05) is 6.04 Å². The van der Waals surface area contributed by atoms with Crippen LogP contribution in [0.3, 0.4) is 0 Å². The fraction of sp³-hybridized carbons (Fsp3) is 0.333. The second-order valence-corrected chi connectivity index (χ2v) is 7.96. The van der Waals surface area contributed by atoms with Crippen LogP contribution in [0.1, 0.15) is 38.2 Å². The normalized spacial score (nSPS) is 22.4. The first-order valence-corrected chi connectivity index (χ1v) is 10.4. The summed E-state index contributed by atoms with van der Waals surface area (Å²) in [4.78, 5) is 27.3. The first-order chi connectivity index (χ1) is 14.5. The van der Waals surface area contributed by atoms with E-state index < -0.39 is 5.91 Å². The van der Waals surface area contributed by atoms with Crippen molar-refractivity contribution >= 4 is 23.6 Å². The van der Waals surface area contributed by atoms with Crippen LogP contribution in [0.15, 0.2) is 54.3 Å². The highest BCUT2D eigenvalue weighted by atomic mass is 19.1. The second kappa shape index (κ2) is 8.69. The molecule has 1 aliphatic carbocycles. The molecule has 1 aliphatic heterocycles. The van der Waals surface area contributed by atoms with Crippen LogP contribution < -0.4 is 15.0 Å². The smallest absolute Gasteiger partial charge is 0.294 e. The lowest BCUT2D eigenvalue weighted by molar-refractivity contribution is -0.124. The van der Waals surface area contributed by atoms with E-state index in [0.29, 0.717) is 22.9 Å². The van der Waals surface area contributed by atoms with Gasteiger partial charge in [-0.2, -0.15) is 0 Å². The summed E-state index contributed by atoms with van der Waals surface area (Å²) in [6.07, 6.45) is 5.94. The van der Waals surface area contributed by atoms with Gasteiger partial charge in [0.15, 0.2) is 11.5 Å². The summed E-state index contributed by atoms with van der Waals surface area (Å²) in [5, 5.41) is 3.10. The maximum atomic E-state index is 13.2. The predicted octanol–water partition coefficient (Wildman–Crippen LogP) is 4.29. The SMILES string of the molecule is CC1CCCCC1NC(=O)CN1C(=O)/C(=C\c2ccc(F)cc2)Oc2ccccc21. The average molecular weight is 408 g/mol. The molecule has 1 N–H and O–H groups in total. The Kier molecular flexibility index (Phi) is 5.84. The third-order valence-electron chi connectivity index (χ3n) is 5.76. The summed E-state index contributed by atoms with van der Waals surface area (Å²) in [6.45, 7) is 2.08. The molecule has 2 amide bonds. The highest BCUT2D eigenvalue weighted by Crippen LogP contribution is 2.35. The van der Waals surface area contributed by atoms with Crippen LogP contribution in [0.5, 0.6) is 5.75 Å². The molecule has 2 unspecified atom stereocenters. The molecule has 6 heteroatoms. The number of nitrogens with zero attached hydrogens (tertiary/aromatic N) is 1. The molecule has 2 atom stereocenters. The molecular formula is C24H25FN2O3. The van der Waals surface area contributed by atoms with Crippen LogP contribution in [0.4, 0.5) is 10.1 Å². The Balaban J connectivity index is 1.56. The maximum Gasteiger partial charge on any atom is 0.294 e. The van der Waals surface area contributed by atoms with E-state index in [9.17, 15) is 14.0 Å². The van der Waals surface area contributed by atoms with Crippen molar-refractivity contribution in [3.05, 3.63) is 65.7 Å². The van der Waals surface area contributed by atoms with Gasteiger partial charge in [-0.15, -0.1) is 0 Å². The summed E-state index contributed by atoms with van der Waals surface area (Å²) < 4.78 is 19.0. The lowest BCUT2D eigenvalue weighted by atomic mass is 9.86. The third kappa shape index (κ3) is 4.37. The van der Waals surface area contributed by atoms with Crippen molar-refractivity contribution in [1.29, 1.82) is 0 Å². The van der Waals surface area contributed by atoms with Gasteiger partial charge in [-0.25, -0.2) is 4.39 Å². The van der Waals surface area contributed by atoms with E-state index in [0.717, 1.165) is 19.3 Å². The Hall–Kier alpha value is -3.15. The zero-order valence-corrected chi connectivity index (χ0v) is 16.9. The minimum atomic E-state index is -0.398.